The van der Waals surface area contributed by atoms with Gasteiger partial charge in [0, 0.05) is 12.7 Å². The van der Waals surface area contributed by atoms with Gasteiger partial charge in [-0.2, -0.15) is 4.98 Å². The SMILES string of the molecule is CCCC(C)(O)CNc1nc2c(C)cccn2n1. The van der Waals surface area contributed by atoms with E-state index in [1.807, 2.05) is 32.2 Å². The maximum atomic E-state index is 10.1. The van der Waals surface area contributed by atoms with Gasteiger partial charge in [-0.15, -0.1) is 5.10 Å². The van der Waals surface area contributed by atoms with Crippen molar-refractivity contribution in [3.05, 3.63) is 23.9 Å². The minimum absolute atomic E-state index is 0.455. The molecular formula is C13H20N4O. The van der Waals surface area contributed by atoms with E-state index in [-0.39, 0.29) is 0 Å². The maximum Gasteiger partial charge on any atom is 0.243 e. The van der Waals surface area contributed by atoms with E-state index in [2.05, 4.69) is 22.3 Å². The molecule has 2 rings (SSSR count). The Labute approximate surface area is 107 Å². The maximum absolute atomic E-state index is 10.1. The van der Waals surface area contributed by atoms with Crippen LogP contribution in [0.2, 0.25) is 0 Å². The predicted molar refractivity (Wildman–Crippen MR) is 71.7 cm³/mol. The summed E-state index contributed by atoms with van der Waals surface area (Å²) in [6.45, 7) is 6.34. The molecule has 0 aliphatic heterocycles. The molecule has 2 aromatic heterocycles. The summed E-state index contributed by atoms with van der Waals surface area (Å²) in [5, 5.41) is 17.5. The minimum atomic E-state index is -0.721. The van der Waals surface area contributed by atoms with Crippen molar-refractivity contribution < 1.29 is 5.11 Å². The predicted octanol–water partition coefficient (Wildman–Crippen LogP) is 2.00. The van der Waals surface area contributed by atoms with Gasteiger partial charge in [0.2, 0.25) is 5.95 Å². The quantitative estimate of drug-likeness (QED) is 0.849. The Morgan fingerprint density at radius 3 is 2.94 bits per heavy atom. The number of aromatic nitrogens is 3. The first-order valence-corrected chi connectivity index (χ1v) is 6.30. The molecule has 1 unspecified atom stereocenters. The lowest BCUT2D eigenvalue weighted by Crippen LogP contribution is -2.33. The number of nitrogens with one attached hydrogen (secondary N) is 1. The summed E-state index contributed by atoms with van der Waals surface area (Å²) in [6, 6.07) is 3.94. The molecular weight excluding hydrogens is 228 g/mol. The van der Waals surface area contributed by atoms with Crippen molar-refractivity contribution in [1.82, 2.24) is 14.6 Å². The van der Waals surface area contributed by atoms with Gasteiger partial charge in [0.25, 0.3) is 0 Å². The van der Waals surface area contributed by atoms with Crippen molar-refractivity contribution in [2.24, 2.45) is 0 Å². The molecule has 0 saturated carbocycles. The third-order valence-electron chi connectivity index (χ3n) is 2.97. The van der Waals surface area contributed by atoms with Crippen LogP contribution in [-0.2, 0) is 0 Å². The lowest BCUT2D eigenvalue weighted by atomic mass is 10.0. The molecule has 0 radical (unpaired) electrons. The normalized spacial score (nSPS) is 14.7. The second-order valence-electron chi connectivity index (χ2n) is 5.00. The number of anilines is 1. The Bertz CT molecular complexity index is 533. The van der Waals surface area contributed by atoms with Gasteiger partial charge in [-0.1, -0.05) is 19.4 Å². The molecule has 0 amide bonds. The Balaban J connectivity index is 2.11. The average molecular weight is 248 g/mol. The van der Waals surface area contributed by atoms with Crippen LogP contribution >= 0.6 is 0 Å². The van der Waals surface area contributed by atoms with E-state index in [1.165, 1.54) is 0 Å². The fourth-order valence-electron chi connectivity index (χ4n) is 2.01. The number of hydrogen-bond donors (Lipinski definition) is 2. The zero-order chi connectivity index (χ0) is 13.2. The summed E-state index contributed by atoms with van der Waals surface area (Å²) >= 11 is 0. The lowest BCUT2D eigenvalue weighted by molar-refractivity contribution is 0.0635. The van der Waals surface area contributed by atoms with E-state index < -0.39 is 5.60 Å². The lowest BCUT2D eigenvalue weighted by Gasteiger charge is -2.22. The van der Waals surface area contributed by atoms with E-state index in [4.69, 9.17) is 0 Å². The van der Waals surface area contributed by atoms with Gasteiger partial charge in [0.05, 0.1) is 5.60 Å². The monoisotopic (exact) mass is 248 g/mol. The van der Waals surface area contributed by atoms with Crippen molar-refractivity contribution in [3.8, 4) is 0 Å². The zero-order valence-electron chi connectivity index (χ0n) is 11.1. The van der Waals surface area contributed by atoms with Gasteiger partial charge in [0.1, 0.15) is 0 Å². The number of aliphatic hydroxyl groups is 1. The van der Waals surface area contributed by atoms with Gasteiger partial charge in [-0.3, -0.25) is 0 Å². The molecule has 1 atom stereocenters. The van der Waals surface area contributed by atoms with E-state index in [0.717, 1.165) is 24.1 Å². The summed E-state index contributed by atoms with van der Waals surface area (Å²) in [5.74, 6) is 0.556. The molecule has 0 aliphatic carbocycles. The van der Waals surface area contributed by atoms with Crippen LogP contribution in [0.25, 0.3) is 5.65 Å². The zero-order valence-corrected chi connectivity index (χ0v) is 11.1. The highest BCUT2D eigenvalue weighted by Gasteiger charge is 2.19. The summed E-state index contributed by atoms with van der Waals surface area (Å²) in [4.78, 5) is 4.41. The number of hydrogen-bond acceptors (Lipinski definition) is 4. The summed E-state index contributed by atoms with van der Waals surface area (Å²) < 4.78 is 1.74. The van der Waals surface area contributed by atoms with Crippen molar-refractivity contribution in [3.63, 3.8) is 0 Å². The van der Waals surface area contributed by atoms with Gasteiger partial charge in [0.15, 0.2) is 5.65 Å². The van der Waals surface area contributed by atoms with Crippen molar-refractivity contribution in [2.45, 2.75) is 39.2 Å². The highest BCUT2D eigenvalue weighted by Crippen LogP contribution is 2.14. The highest BCUT2D eigenvalue weighted by atomic mass is 16.3. The van der Waals surface area contributed by atoms with Gasteiger partial charge in [-0.05, 0) is 31.9 Å². The largest absolute Gasteiger partial charge is 0.388 e. The van der Waals surface area contributed by atoms with Crippen LogP contribution in [0.3, 0.4) is 0 Å². The molecule has 2 N–H and O–H groups in total. The van der Waals surface area contributed by atoms with Crippen LogP contribution in [0, 0.1) is 6.92 Å². The second-order valence-corrected chi connectivity index (χ2v) is 5.00. The molecule has 5 heteroatoms. The molecule has 0 aromatic carbocycles. The van der Waals surface area contributed by atoms with Crippen LogP contribution < -0.4 is 5.32 Å². The molecule has 2 heterocycles. The summed E-state index contributed by atoms with van der Waals surface area (Å²) in [7, 11) is 0. The molecule has 5 nitrogen and oxygen atoms in total. The molecule has 0 spiro atoms. The molecule has 98 valence electrons. The van der Waals surface area contributed by atoms with E-state index in [0.29, 0.717) is 12.5 Å². The Kier molecular flexibility index (Phi) is 3.52. The Morgan fingerprint density at radius 2 is 2.28 bits per heavy atom. The number of fused-ring (bicyclic) bond motifs is 1. The average Bonchev–Trinajstić information content (AvgIpc) is 2.71. The molecule has 2 aromatic rings. The Hall–Kier alpha value is -1.62. The number of rotatable bonds is 5. The minimum Gasteiger partial charge on any atom is -0.388 e. The smallest absolute Gasteiger partial charge is 0.243 e. The van der Waals surface area contributed by atoms with Crippen molar-refractivity contribution >= 4 is 11.6 Å². The van der Waals surface area contributed by atoms with Crippen molar-refractivity contribution in [1.29, 1.82) is 0 Å². The third kappa shape index (κ3) is 2.79. The number of aryl methyl sites for hydroxylation is 1. The topological polar surface area (TPSA) is 62.5 Å². The molecule has 18 heavy (non-hydrogen) atoms. The fourth-order valence-corrected chi connectivity index (χ4v) is 2.01. The third-order valence-corrected chi connectivity index (χ3v) is 2.97. The second kappa shape index (κ2) is 4.94. The highest BCUT2D eigenvalue weighted by molar-refractivity contribution is 5.49. The first-order chi connectivity index (χ1) is 8.52. The fraction of sp³-hybridized carbons (Fsp3) is 0.538. The van der Waals surface area contributed by atoms with E-state index >= 15 is 0 Å². The summed E-state index contributed by atoms with van der Waals surface area (Å²) in [6.07, 6.45) is 3.57. The molecule has 0 saturated heterocycles. The van der Waals surface area contributed by atoms with E-state index in [9.17, 15) is 5.11 Å². The van der Waals surface area contributed by atoms with Crippen LogP contribution in [-0.4, -0.2) is 31.9 Å². The first-order valence-electron chi connectivity index (χ1n) is 6.30. The van der Waals surface area contributed by atoms with Crippen LogP contribution in [0.5, 0.6) is 0 Å². The Morgan fingerprint density at radius 1 is 1.50 bits per heavy atom. The van der Waals surface area contributed by atoms with Gasteiger partial charge >= 0.3 is 0 Å². The van der Waals surface area contributed by atoms with Crippen LogP contribution in [0.15, 0.2) is 18.3 Å². The molecule has 0 fully saturated rings. The summed E-state index contributed by atoms with van der Waals surface area (Å²) in [5.41, 5.74) is 1.20. The van der Waals surface area contributed by atoms with Gasteiger partial charge < -0.3 is 10.4 Å². The standard InChI is InChI=1S/C13H20N4O/c1-4-7-13(3,18)9-14-12-15-11-10(2)6-5-8-17(11)16-12/h5-6,8,18H,4,7,9H2,1-3H3,(H,14,16). The number of nitrogens with zero attached hydrogens (tertiary/aromatic N) is 3. The van der Waals surface area contributed by atoms with Crippen molar-refractivity contribution in [2.75, 3.05) is 11.9 Å². The van der Waals surface area contributed by atoms with Crippen LogP contribution in [0.4, 0.5) is 5.95 Å². The van der Waals surface area contributed by atoms with Crippen LogP contribution in [0.1, 0.15) is 32.3 Å². The van der Waals surface area contributed by atoms with E-state index in [1.54, 1.807) is 4.52 Å². The molecule has 0 bridgehead atoms. The first kappa shape index (κ1) is 12.8. The molecule has 0 aliphatic rings. The number of pyridine rings is 1. The van der Waals surface area contributed by atoms with Gasteiger partial charge in [-0.25, -0.2) is 4.52 Å².